The van der Waals surface area contributed by atoms with E-state index in [1.54, 1.807) is 24.5 Å². The summed E-state index contributed by atoms with van der Waals surface area (Å²) in [5, 5.41) is 9.13. The van der Waals surface area contributed by atoms with E-state index in [1.165, 1.54) is 0 Å². The number of nitrogens with one attached hydrogen (secondary N) is 3. The topological polar surface area (TPSA) is 125 Å². The average Bonchev–Trinajstić information content (AvgIpc) is 3.64. The van der Waals surface area contributed by atoms with Crippen LogP contribution in [-0.4, -0.2) is 46.0 Å². The number of aromatic nitrogens is 2. The molecule has 192 valence electrons. The number of benzene rings is 1. The summed E-state index contributed by atoms with van der Waals surface area (Å²) in [6.45, 7) is -0.129. The zero-order valence-electron chi connectivity index (χ0n) is 20.9. The van der Waals surface area contributed by atoms with Crippen LogP contribution in [0.25, 0.3) is 0 Å². The van der Waals surface area contributed by atoms with Gasteiger partial charge in [-0.25, -0.2) is 4.98 Å². The van der Waals surface area contributed by atoms with Gasteiger partial charge in [-0.3, -0.25) is 19.6 Å². The molecule has 1 fully saturated rings. The van der Waals surface area contributed by atoms with Crippen molar-refractivity contribution < 1.29 is 14.4 Å². The first-order chi connectivity index (χ1) is 18.5. The van der Waals surface area contributed by atoms with Crippen molar-refractivity contribution in [3.05, 3.63) is 83.3 Å². The molecule has 3 aliphatic rings. The maximum absolute atomic E-state index is 13.0. The van der Waals surface area contributed by atoms with Gasteiger partial charge in [0, 0.05) is 23.6 Å². The second-order valence-corrected chi connectivity index (χ2v) is 10.3. The maximum Gasteiger partial charge on any atom is 0.246 e. The highest BCUT2D eigenvalue weighted by Gasteiger charge is 2.51. The molecule has 3 heterocycles. The Bertz CT molecular complexity index is 1450. The lowest BCUT2D eigenvalue weighted by atomic mass is 9.79. The second-order valence-electron chi connectivity index (χ2n) is 10.3. The lowest BCUT2D eigenvalue weighted by molar-refractivity contribution is -0.120. The molecule has 1 saturated carbocycles. The highest BCUT2D eigenvalue weighted by Crippen LogP contribution is 2.46. The summed E-state index contributed by atoms with van der Waals surface area (Å²) in [5.41, 5.74) is 2.94. The number of amidine groups is 1. The number of fused-ring (bicyclic) bond motifs is 3. The zero-order valence-corrected chi connectivity index (χ0v) is 20.9. The quantitative estimate of drug-likeness (QED) is 0.267. The fourth-order valence-corrected chi connectivity index (χ4v) is 5.90. The third-order valence-corrected chi connectivity index (χ3v) is 7.84. The average molecular weight is 509 g/mol. The van der Waals surface area contributed by atoms with Gasteiger partial charge in [0.15, 0.2) is 0 Å². The number of anilines is 2. The van der Waals surface area contributed by atoms with Crippen LogP contribution in [0.3, 0.4) is 0 Å². The molecule has 0 radical (unpaired) electrons. The van der Waals surface area contributed by atoms with E-state index in [9.17, 15) is 14.4 Å². The third-order valence-electron chi connectivity index (χ3n) is 7.84. The van der Waals surface area contributed by atoms with Gasteiger partial charge < -0.3 is 20.7 Å². The highest BCUT2D eigenvalue weighted by atomic mass is 16.2. The maximum atomic E-state index is 13.0. The molecule has 2 aromatic heterocycles. The summed E-state index contributed by atoms with van der Waals surface area (Å²) in [6.07, 6.45) is 8.82. The molecule has 0 saturated heterocycles. The first-order valence-electron chi connectivity index (χ1n) is 12.9. The number of nitrogens with zero attached hydrogens (tertiary/aromatic N) is 3. The first kappa shape index (κ1) is 24.0. The van der Waals surface area contributed by atoms with Gasteiger partial charge in [-0.15, -0.1) is 0 Å². The van der Waals surface area contributed by atoms with Crippen molar-refractivity contribution in [3.63, 3.8) is 0 Å². The molecule has 0 unspecified atom stereocenters. The molecule has 2 amide bonds. The molecule has 1 atom stereocenters. The Morgan fingerprint density at radius 1 is 1.03 bits per heavy atom. The van der Waals surface area contributed by atoms with Crippen LogP contribution < -0.4 is 16.0 Å². The van der Waals surface area contributed by atoms with E-state index in [0.29, 0.717) is 35.9 Å². The predicted molar refractivity (Wildman–Crippen MR) is 143 cm³/mol. The monoisotopic (exact) mass is 508 g/mol. The lowest BCUT2D eigenvalue weighted by Gasteiger charge is -2.25. The highest BCUT2D eigenvalue weighted by molar-refractivity contribution is 6.06. The van der Waals surface area contributed by atoms with Gasteiger partial charge >= 0.3 is 0 Å². The molecule has 0 bridgehead atoms. The van der Waals surface area contributed by atoms with Gasteiger partial charge in [0.25, 0.3) is 0 Å². The molecule has 9 nitrogen and oxygen atoms in total. The van der Waals surface area contributed by atoms with Crippen LogP contribution in [0.4, 0.5) is 11.5 Å². The molecule has 6 rings (SSSR count). The van der Waals surface area contributed by atoms with Crippen LogP contribution in [0, 0.1) is 0 Å². The first-order valence-corrected chi connectivity index (χ1v) is 12.9. The molecule has 38 heavy (non-hydrogen) atoms. The molecule has 9 heteroatoms. The summed E-state index contributed by atoms with van der Waals surface area (Å²) >= 11 is 0. The number of carbonyl (C=O) groups excluding carboxylic acids is 3. The number of hydrogen-bond acceptors (Lipinski definition) is 6. The number of aldehydes is 1. The third kappa shape index (κ3) is 4.23. The van der Waals surface area contributed by atoms with Gasteiger partial charge in [-0.1, -0.05) is 31.0 Å². The number of amides is 2. The number of aliphatic imine (C=N–C) groups is 1. The van der Waals surface area contributed by atoms with Crippen molar-refractivity contribution in [2.75, 3.05) is 17.2 Å². The van der Waals surface area contributed by atoms with Crippen molar-refractivity contribution in [2.24, 2.45) is 4.99 Å². The van der Waals surface area contributed by atoms with Crippen LogP contribution in [0.1, 0.15) is 48.1 Å². The molecular formula is C29H28N6O3. The van der Waals surface area contributed by atoms with Crippen molar-refractivity contribution in [1.82, 2.24) is 15.3 Å². The van der Waals surface area contributed by atoms with E-state index in [2.05, 4.69) is 30.9 Å². The van der Waals surface area contributed by atoms with E-state index < -0.39 is 11.0 Å². The molecule has 1 spiro atoms. The Morgan fingerprint density at radius 3 is 2.63 bits per heavy atom. The van der Waals surface area contributed by atoms with Crippen molar-refractivity contribution >= 4 is 35.4 Å². The van der Waals surface area contributed by atoms with Gasteiger partial charge in [0.2, 0.25) is 11.8 Å². The summed E-state index contributed by atoms with van der Waals surface area (Å²) in [5.74, 6) is 0.744. The summed E-state index contributed by atoms with van der Waals surface area (Å²) in [6, 6.07) is 15.0. The number of rotatable bonds is 6. The second kappa shape index (κ2) is 9.48. The lowest BCUT2D eigenvalue weighted by Crippen LogP contribution is -2.48. The summed E-state index contributed by atoms with van der Waals surface area (Å²) in [7, 11) is 0. The van der Waals surface area contributed by atoms with E-state index in [1.807, 2.05) is 36.4 Å². The van der Waals surface area contributed by atoms with E-state index >= 15 is 0 Å². The minimum absolute atomic E-state index is 0.0350. The van der Waals surface area contributed by atoms with Crippen molar-refractivity contribution in [1.29, 1.82) is 0 Å². The Hall–Kier alpha value is -4.40. The standard InChI is InChI=1S/C29H28N6O3/c36-18-28(10-2-3-11-28)35-26(23-7-1-4-12-30-23)32-17-24(37)33-21-9-8-19-15-29(16-20(19)14-21)22-6-5-13-31-25(22)34-27(29)38/h1,4-9,12-14,18H,2-3,10-11,15-17H2,(H,32,35)(H,33,37)(H,31,34,38)/t29-/m1/s1. The Balaban J connectivity index is 1.18. The van der Waals surface area contributed by atoms with Gasteiger partial charge in [-0.05, 0) is 67.1 Å². The van der Waals surface area contributed by atoms with Crippen LogP contribution in [0.15, 0.2) is 65.9 Å². The molecule has 3 N–H and O–H groups in total. The summed E-state index contributed by atoms with van der Waals surface area (Å²) < 4.78 is 0. The van der Waals surface area contributed by atoms with Gasteiger partial charge in [-0.2, -0.15) is 0 Å². The van der Waals surface area contributed by atoms with E-state index in [-0.39, 0.29) is 18.4 Å². The normalized spacial score (nSPS) is 21.1. The fraction of sp³-hybridized carbons (Fsp3) is 0.310. The van der Waals surface area contributed by atoms with Crippen molar-refractivity contribution in [3.8, 4) is 0 Å². The number of hydrogen-bond donors (Lipinski definition) is 3. The largest absolute Gasteiger partial charge is 0.356 e. The molecule has 2 aliphatic carbocycles. The Labute approximate surface area is 220 Å². The van der Waals surface area contributed by atoms with E-state index in [4.69, 9.17) is 0 Å². The minimum Gasteiger partial charge on any atom is -0.356 e. The van der Waals surface area contributed by atoms with Gasteiger partial charge in [0.05, 0.1) is 11.0 Å². The summed E-state index contributed by atoms with van der Waals surface area (Å²) in [4.78, 5) is 51.0. The van der Waals surface area contributed by atoms with Crippen LogP contribution >= 0.6 is 0 Å². The van der Waals surface area contributed by atoms with Gasteiger partial charge in [0.1, 0.15) is 30.2 Å². The van der Waals surface area contributed by atoms with Crippen LogP contribution in [-0.2, 0) is 32.6 Å². The molecule has 3 aromatic rings. The Kier molecular flexibility index (Phi) is 5.98. The fourth-order valence-electron chi connectivity index (χ4n) is 5.90. The minimum atomic E-state index is -0.677. The Morgan fingerprint density at radius 2 is 1.84 bits per heavy atom. The number of pyridine rings is 2. The number of carbonyl (C=O) groups is 3. The van der Waals surface area contributed by atoms with Crippen molar-refractivity contribution in [2.45, 2.75) is 49.5 Å². The molecule has 1 aliphatic heterocycles. The van der Waals surface area contributed by atoms with Crippen LogP contribution in [0.2, 0.25) is 0 Å². The molecular weight excluding hydrogens is 480 g/mol. The smallest absolute Gasteiger partial charge is 0.246 e. The zero-order chi connectivity index (χ0) is 26.2. The molecule has 1 aromatic carbocycles. The van der Waals surface area contributed by atoms with E-state index in [0.717, 1.165) is 48.7 Å². The predicted octanol–water partition coefficient (Wildman–Crippen LogP) is 2.95. The van der Waals surface area contributed by atoms with Crippen LogP contribution in [0.5, 0.6) is 0 Å². The SMILES string of the molecule is O=CC1(NC(=NCC(=O)Nc2ccc3c(c2)C[C@@]2(C3)C(=O)Nc3ncccc32)c2ccccn2)CCCC1.